The highest BCUT2D eigenvalue weighted by molar-refractivity contribution is 9.10. The molecule has 0 aromatic heterocycles. The average Bonchev–Trinajstić information content (AvgIpc) is 2.27. The summed E-state index contributed by atoms with van der Waals surface area (Å²) in [5, 5.41) is 3.55. The highest BCUT2D eigenvalue weighted by Crippen LogP contribution is 2.25. The van der Waals surface area contributed by atoms with Crippen molar-refractivity contribution in [1.29, 1.82) is 0 Å². The number of benzene rings is 2. The van der Waals surface area contributed by atoms with Gasteiger partial charge in [-0.05, 0) is 55.7 Å². The first-order valence-electron chi connectivity index (χ1n) is 6.15. The Morgan fingerprint density at radius 2 is 1.78 bits per heavy atom. The van der Waals surface area contributed by atoms with E-state index in [1.54, 1.807) is 0 Å². The lowest BCUT2D eigenvalue weighted by atomic mass is 10.0. The van der Waals surface area contributed by atoms with Crippen molar-refractivity contribution in [2.24, 2.45) is 0 Å². The summed E-state index contributed by atoms with van der Waals surface area (Å²) >= 11 is 3.53. The maximum atomic E-state index is 3.55. The third-order valence-corrected chi connectivity index (χ3v) is 3.54. The molecule has 2 aromatic carbocycles. The fraction of sp³-hybridized carbons (Fsp3) is 0.250. The van der Waals surface area contributed by atoms with Crippen LogP contribution >= 0.6 is 15.9 Å². The van der Waals surface area contributed by atoms with E-state index in [4.69, 9.17) is 0 Å². The van der Waals surface area contributed by atoms with Crippen LogP contribution in [0.15, 0.2) is 46.9 Å². The summed E-state index contributed by atoms with van der Waals surface area (Å²) in [6, 6.07) is 15.2. The molecule has 0 spiro atoms. The van der Waals surface area contributed by atoms with Crippen molar-refractivity contribution < 1.29 is 0 Å². The maximum Gasteiger partial charge on any atom is 0.0488 e. The smallest absolute Gasteiger partial charge is 0.0488 e. The molecule has 1 unspecified atom stereocenters. The van der Waals surface area contributed by atoms with Crippen LogP contribution in [0.2, 0.25) is 0 Å². The highest BCUT2D eigenvalue weighted by atomic mass is 79.9. The third kappa shape index (κ3) is 3.14. The molecule has 0 aliphatic carbocycles. The minimum Gasteiger partial charge on any atom is -0.378 e. The summed E-state index contributed by atoms with van der Waals surface area (Å²) in [6.45, 7) is 6.45. The summed E-state index contributed by atoms with van der Waals surface area (Å²) in [6.07, 6.45) is 0. The Balaban J connectivity index is 2.21. The Morgan fingerprint density at radius 3 is 2.44 bits per heavy atom. The monoisotopic (exact) mass is 303 g/mol. The number of hydrogen-bond acceptors (Lipinski definition) is 1. The van der Waals surface area contributed by atoms with Gasteiger partial charge in [0.2, 0.25) is 0 Å². The molecule has 0 heterocycles. The zero-order valence-electron chi connectivity index (χ0n) is 11.0. The van der Waals surface area contributed by atoms with Gasteiger partial charge in [0.1, 0.15) is 0 Å². The number of nitrogens with one attached hydrogen (secondary N) is 1. The van der Waals surface area contributed by atoms with E-state index in [0.29, 0.717) is 6.04 Å². The molecule has 1 nitrogen and oxygen atoms in total. The largest absolute Gasteiger partial charge is 0.378 e. The van der Waals surface area contributed by atoms with Crippen LogP contribution < -0.4 is 5.32 Å². The molecule has 0 amide bonds. The Morgan fingerprint density at radius 1 is 1.06 bits per heavy atom. The predicted octanol–water partition coefficient (Wildman–Crippen LogP) is 5.24. The van der Waals surface area contributed by atoms with Gasteiger partial charge in [-0.15, -0.1) is 0 Å². The van der Waals surface area contributed by atoms with Gasteiger partial charge in [0.05, 0.1) is 0 Å². The third-order valence-electron chi connectivity index (χ3n) is 3.08. The molecular formula is C16H18BrN. The first kappa shape index (κ1) is 13.2. The second-order valence-corrected chi connectivity index (χ2v) is 5.66. The van der Waals surface area contributed by atoms with Crippen LogP contribution in [0.5, 0.6) is 0 Å². The molecule has 0 saturated carbocycles. The summed E-state index contributed by atoms with van der Waals surface area (Å²) < 4.78 is 1.11. The average molecular weight is 304 g/mol. The van der Waals surface area contributed by atoms with Crippen LogP contribution in [0, 0.1) is 13.8 Å². The van der Waals surface area contributed by atoms with Crippen LogP contribution in [0.25, 0.3) is 0 Å². The van der Waals surface area contributed by atoms with Crippen LogP contribution in [0.1, 0.15) is 29.7 Å². The van der Waals surface area contributed by atoms with Crippen molar-refractivity contribution in [2.45, 2.75) is 26.8 Å². The Kier molecular flexibility index (Phi) is 4.07. The minimum absolute atomic E-state index is 0.305. The number of aryl methyl sites for hydroxylation is 2. The topological polar surface area (TPSA) is 12.0 Å². The normalized spacial score (nSPS) is 12.2. The van der Waals surface area contributed by atoms with E-state index in [9.17, 15) is 0 Å². The Hall–Kier alpha value is -1.28. The predicted molar refractivity (Wildman–Crippen MR) is 82.1 cm³/mol. The summed E-state index contributed by atoms with van der Waals surface area (Å²) in [5.41, 5.74) is 5.07. The van der Waals surface area contributed by atoms with Crippen LogP contribution in [-0.2, 0) is 0 Å². The molecule has 2 rings (SSSR count). The van der Waals surface area contributed by atoms with Crippen molar-refractivity contribution in [2.75, 3.05) is 5.32 Å². The molecule has 2 aromatic rings. The quantitative estimate of drug-likeness (QED) is 0.817. The van der Waals surface area contributed by atoms with Gasteiger partial charge in [0, 0.05) is 16.2 Å². The van der Waals surface area contributed by atoms with Gasteiger partial charge < -0.3 is 5.32 Å². The zero-order chi connectivity index (χ0) is 13.1. The van der Waals surface area contributed by atoms with Crippen LogP contribution in [0.3, 0.4) is 0 Å². The molecular weight excluding hydrogens is 286 g/mol. The van der Waals surface area contributed by atoms with Crippen LogP contribution in [0.4, 0.5) is 5.69 Å². The minimum atomic E-state index is 0.305. The van der Waals surface area contributed by atoms with E-state index >= 15 is 0 Å². The van der Waals surface area contributed by atoms with E-state index in [0.717, 1.165) is 10.2 Å². The molecule has 0 radical (unpaired) electrons. The fourth-order valence-electron chi connectivity index (χ4n) is 2.22. The Labute approximate surface area is 117 Å². The second kappa shape index (κ2) is 5.57. The number of rotatable bonds is 3. The molecule has 0 aliphatic rings. The summed E-state index contributed by atoms with van der Waals surface area (Å²) in [5.74, 6) is 0. The number of hydrogen-bond donors (Lipinski definition) is 1. The van der Waals surface area contributed by atoms with Gasteiger partial charge in [-0.2, -0.15) is 0 Å². The molecule has 0 fully saturated rings. The molecule has 18 heavy (non-hydrogen) atoms. The van der Waals surface area contributed by atoms with E-state index in [-0.39, 0.29) is 0 Å². The van der Waals surface area contributed by atoms with Crippen molar-refractivity contribution in [3.05, 3.63) is 63.6 Å². The van der Waals surface area contributed by atoms with Gasteiger partial charge in [-0.25, -0.2) is 0 Å². The maximum absolute atomic E-state index is 3.55. The van der Waals surface area contributed by atoms with Crippen molar-refractivity contribution in [3.8, 4) is 0 Å². The number of anilines is 1. The Bertz CT molecular complexity index is 528. The van der Waals surface area contributed by atoms with E-state index in [2.05, 4.69) is 84.5 Å². The molecule has 1 atom stereocenters. The number of halogens is 1. The SMILES string of the molecule is Cc1cc(Br)cc(NC(C)c2ccccc2C)c1. The lowest BCUT2D eigenvalue weighted by Gasteiger charge is -2.18. The molecule has 94 valence electrons. The lowest BCUT2D eigenvalue weighted by molar-refractivity contribution is 0.874. The van der Waals surface area contributed by atoms with Crippen LogP contribution in [-0.4, -0.2) is 0 Å². The fourth-order valence-corrected chi connectivity index (χ4v) is 2.83. The van der Waals surface area contributed by atoms with Gasteiger partial charge in [0.15, 0.2) is 0 Å². The highest BCUT2D eigenvalue weighted by Gasteiger charge is 2.08. The standard InChI is InChI=1S/C16H18BrN/c1-11-8-14(17)10-15(9-11)18-13(3)16-7-5-4-6-12(16)2/h4-10,13,18H,1-3H3. The van der Waals surface area contributed by atoms with Gasteiger partial charge in [-0.3, -0.25) is 0 Å². The summed E-state index contributed by atoms with van der Waals surface area (Å²) in [7, 11) is 0. The van der Waals surface area contributed by atoms with Gasteiger partial charge >= 0.3 is 0 Å². The summed E-state index contributed by atoms with van der Waals surface area (Å²) in [4.78, 5) is 0. The molecule has 1 N–H and O–H groups in total. The van der Waals surface area contributed by atoms with Crippen molar-refractivity contribution >= 4 is 21.6 Å². The first-order chi connectivity index (χ1) is 8.56. The second-order valence-electron chi connectivity index (χ2n) is 4.74. The molecule has 2 heteroatoms. The van der Waals surface area contributed by atoms with E-state index in [1.807, 2.05) is 0 Å². The van der Waals surface area contributed by atoms with Crippen molar-refractivity contribution in [3.63, 3.8) is 0 Å². The first-order valence-corrected chi connectivity index (χ1v) is 6.95. The molecule has 0 aliphatic heterocycles. The lowest BCUT2D eigenvalue weighted by Crippen LogP contribution is -2.08. The molecule has 0 bridgehead atoms. The zero-order valence-corrected chi connectivity index (χ0v) is 12.6. The van der Waals surface area contributed by atoms with Gasteiger partial charge in [-0.1, -0.05) is 40.2 Å². The van der Waals surface area contributed by atoms with E-state index in [1.165, 1.54) is 16.7 Å². The van der Waals surface area contributed by atoms with Gasteiger partial charge in [0.25, 0.3) is 0 Å². The van der Waals surface area contributed by atoms with Crippen molar-refractivity contribution in [1.82, 2.24) is 0 Å². The molecule has 0 saturated heterocycles. The van der Waals surface area contributed by atoms with E-state index < -0.39 is 0 Å².